The van der Waals surface area contributed by atoms with Gasteiger partial charge in [0.25, 0.3) is 0 Å². The highest BCUT2D eigenvalue weighted by molar-refractivity contribution is 5.74. The number of benzene rings is 1. The van der Waals surface area contributed by atoms with Crippen LogP contribution in [-0.4, -0.2) is 28.8 Å². The lowest BCUT2D eigenvalue weighted by atomic mass is 10.0. The SMILES string of the molecule is CC(C)C(O)CCNC(=O)NC(c1cccc(F)c1)c1ccccn1. The first-order chi connectivity index (χ1) is 12.0. The zero-order valence-corrected chi connectivity index (χ0v) is 14.4. The number of nitrogens with one attached hydrogen (secondary N) is 2. The number of hydrogen-bond donors (Lipinski definition) is 3. The number of carbonyl (C=O) groups excluding carboxylic acids is 1. The second kappa shape index (κ2) is 9.13. The highest BCUT2D eigenvalue weighted by Crippen LogP contribution is 2.20. The summed E-state index contributed by atoms with van der Waals surface area (Å²) < 4.78 is 13.6. The van der Waals surface area contributed by atoms with Crippen molar-refractivity contribution in [2.24, 2.45) is 5.92 Å². The molecule has 0 aliphatic rings. The van der Waals surface area contributed by atoms with Crippen LogP contribution in [0, 0.1) is 11.7 Å². The van der Waals surface area contributed by atoms with Crippen LogP contribution in [0.15, 0.2) is 48.7 Å². The van der Waals surface area contributed by atoms with E-state index >= 15 is 0 Å². The minimum absolute atomic E-state index is 0.137. The first kappa shape index (κ1) is 18.9. The molecule has 1 aromatic carbocycles. The van der Waals surface area contributed by atoms with E-state index in [4.69, 9.17) is 0 Å². The van der Waals surface area contributed by atoms with Crippen LogP contribution in [0.25, 0.3) is 0 Å². The van der Waals surface area contributed by atoms with E-state index in [2.05, 4.69) is 15.6 Å². The zero-order chi connectivity index (χ0) is 18.2. The largest absolute Gasteiger partial charge is 0.393 e. The molecule has 0 aliphatic heterocycles. The van der Waals surface area contributed by atoms with Gasteiger partial charge in [-0.05, 0) is 42.2 Å². The molecule has 2 atom stereocenters. The normalized spacial score (nSPS) is 13.3. The third-order valence-corrected chi connectivity index (χ3v) is 3.94. The Kier molecular flexibility index (Phi) is 6.89. The Hall–Kier alpha value is -2.47. The molecule has 6 heteroatoms. The fraction of sp³-hybridized carbons (Fsp3) is 0.368. The molecule has 1 heterocycles. The number of aromatic nitrogens is 1. The van der Waals surface area contributed by atoms with E-state index in [1.165, 1.54) is 12.1 Å². The molecular formula is C19H24FN3O2. The maximum atomic E-state index is 13.6. The lowest BCUT2D eigenvalue weighted by molar-refractivity contribution is 0.116. The van der Waals surface area contributed by atoms with Gasteiger partial charge in [0.05, 0.1) is 17.8 Å². The van der Waals surface area contributed by atoms with E-state index < -0.39 is 18.2 Å². The molecule has 25 heavy (non-hydrogen) atoms. The van der Waals surface area contributed by atoms with Gasteiger partial charge < -0.3 is 15.7 Å². The summed E-state index contributed by atoms with van der Waals surface area (Å²) in [5.41, 5.74) is 1.22. The highest BCUT2D eigenvalue weighted by Gasteiger charge is 2.18. The van der Waals surface area contributed by atoms with Crippen molar-refractivity contribution in [3.05, 3.63) is 65.7 Å². The summed E-state index contributed by atoms with van der Waals surface area (Å²) in [6.45, 7) is 4.20. The second-order valence-electron chi connectivity index (χ2n) is 6.24. The summed E-state index contributed by atoms with van der Waals surface area (Å²) >= 11 is 0. The Bertz CT molecular complexity index is 679. The summed E-state index contributed by atoms with van der Waals surface area (Å²) in [5, 5.41) is 15.3. The van der Waals surface area contributed by atoms with E-state index in [1.54, 1.807) is 30.5 Å². The van der Waals surface area contributed by atoms with Gasteiger partial charge in [-0.25, -0.2) is 9.18 Å². The minimum atomic E-state index is -0.563. The molecule has 2 aromatic rings. The molecule has 0 saturated heterocycles. The predicted molar refractivity (Wildman–Crippen MR) is 94.5 cm³/mol. The predicted octanol–water partition coefficient (Wildman–Crippen LogP) is 3.02. The molecule has 2 unspecified atom stereocenters. The van der Waals surface area contributed by atoms with Gasteiger partial charge >= 0.3 is 6.03 Å². The first-order valence-electron chi connectivity index (χ1n) is 8.36. The molecule has 2 amide bonds. The third kappa shape index (κ3) is 5.83. The van der Waals surface area contributed by atoms with Gasteiger partial charge in [0, 0.05) is 12.7 Å². The van der Waals surface area contributed by atoms with Gasteiger partial charge in [-0.1, -0.05) is 32.0 Å². The quantitative estimate of drug-likeness (QED) is 0.722. The van der Waals surface area contributed by atoms with Crippen LogP contribution in [0.4, 0.5) is 9.18 Å². The molecule has 134 valence electrons. The van der Waals surface area contributed by atoms with E-state index in [0.717, 1.165) is 0 Å². The Morgan fingerprint density at radius 1 is 1.24 bits per heavy atom. The second-order valence-corrected chi connectivity index (χ2v) is 6.24. The highest BCUT2D eigenvalue weighted by atomic mass is 19.1. The Morgan fingerprint density at radius 3 is 2.68 bits per heavy atom. The van der Waals surface area contributed by atoms with E-state index in [0.29, 0.717) is 24.2 Å². The molecular weight excluding hydrogens is 321 g/mol. The average molecular weight is 345 g/mol. The number of urea groups is 1. The number of carbonyl (C=O) groups is 1. The van der Waals surface area contributed by atoms with E-state index in [-0.39, 0.29) is 11.7 Å². The van der Waals surface area contributed by atoms with Crippen molar-refractivity contribution in [3.63, 3.8) is 0 Å². The van der Waals surface area contributed by atoms with Crippen LogP contribution < -0.4 is 10.6 Å². The van der Waals surface area contributed by atoms with Crippen molar-refractivity contribution in [1.82, 2.24) is 15.6 Å². The summed E-state index contributed by atoms with van der Waals surface area (Å²) in [6, 6.07) is 10.5. The molecule has 0 fully saturated rings. The molecule has 0 radical (unpaired) electrons. The number of amides is 2. The van der Waals surface area contributed by atoms with Gasteiger partial charge in [-0.3, -0.25) is 4.98 Å². The van der Waals surface area contributed by atoms with Crippen molar-refractivity contribution in [2.75, 3.05) is 6.54 Å². The van der Waals surface area contributed by atoms with Crippen LogP contribution in [0.2, 0.25) is 0 Å². The fourth-order valence-electron chi connectivity index (χ4n) is 2.41. The molecule has 5 nitrogen and oxygen atoms in total. The summed E-state index contributed by atoms with van der Waals surface area (Å²) in [5.74, 6) is -0.237. The fourth-order valence-corrected chi connectivity index (χ4v) is 2.41. The summed E-state index contributed by atoms with van der Waals surface area (Å²) in [4.78, 5) is 16.5. The number of rotatable bonds is 7. The van der Waals surface area contributed by atoms with Gasteiger partial charge in [0.2, 0.25) is 0 Å². The molecule has 0 saturated carbocycles. The Labute approximate surface area is 147 Å². The molecule has 3 N–H and O–H groups in total. The number of hydrogen-bond acceptors (Lipinski definition) is 3. The zero-order valence-electron chi connectivity index (χ0n) is 14.4. The first-order valence-corrected chi connectivity index (χ1v) is 8.36. The van der Waals surface area contributed by atoms with E-state index in [9.17, 15) is 14.3 Å². The number of aliphatic hydroxyl groups excluding tert-OH is 1. The van der Waals surface area contributed by atoms with Gasteiger partial charge in [0.15, 0.2) is 0 Å². The monoisotopic (exact) mass is 345 g/mol. The van der Waals surface area contributed by atoms with Crippen molar-refractivity contribution in [3.8, 4) is 0 Å². The lowest BCUT2D eigenvalue weighted by Crippen LogP contribution is -2.40. The standard InChI is InChI=1S/C19H24FN3O2/c1-13(2)17(24)9-11-22-19(25)23-18(16-8-3-4-10-21-16)14-6-5-7-15(20)12-14/h3-8,10,12-13,17-18,24H,9,11H2,1-2H3,(H2,22,23,25). The smallest absolute Gasteiger partial charge is 0.315 e. The lowest BCUT2D eigenvalue weighted by Gasteiger charge is -2.20. The Balaban J connectivity index is 2.05. The third-order valence-electron chi connectivity index (χ3n) is 3.94. The number of pyridine rings is 1. The van der Waals surface area contributed by atoms with Gasteiger partial charge in [0.1, 0.15) is 5.82 Å². The molecule has 0 bridgehead atoms. The summed E-state index contributed by atoms with van der Waals surface area (Å²) in [6.07, 6.45) is 1.63. The van der Waals surface area contributed by atoms with Crippen molar-refractivity contribution < 1.29 is 14.3 Å². The summed E-state index contributed by atoms with van der Waals surface area (Å²) in [7, 11) is 0. The molecule has 2 rings (SSSR count). The minimum Gasteiger partial charge on any atom is -0.393 e. The number of halogens is 1. The van der Waals surface area contributed by atoms with Crippen LogP contribution in [0.5, 0.6) is 0 Å². The van der Waals surface area contributed by atoms with E-state index in [1.807, 2.05) is 19.9 Å². The number of nitrogens with zero attached hydrogens (tertiary/aromatic N) is 1. The maximum absolute atomic E-state index is 13.6. The molecule has 0 aliphatic carbocycles. The maximum Gasteiger partial charge on any atom is 0.315 e. The van der Waals surface area contributed by atoms with Crippen molar-refractivity contribution >= 4 is 6.03 Å². The van der Waals surface area contributed by atoms with Crippen LogP contribution in [0.1, 0.15) is 37.6 Å². The van der Waals surface area contributed by atoms with Crippen LogP contribution in [-0.2, 0) is 0 Å². The van der Waals surface area contributed by atoms with Crippen LogP contribution >= 0.6 is 0 Å². The number of aliphatic hydroxyl groups is 1. The van der Waals surface area contributed by atoms with Crippen LogP contribution in [0.3, 0.4) is 0 Å². The molecule has 0 spiro atoms. The van der Waals surface area contributed by atoms with Crippen molar-refractivity contribution in [2.45, 2.75) is 32.4 Å². The van der Waals surface area contributed by atoms with Crippen molar-refractivity contribution in [1.29, 1.82) is 0 Å². The Morgan fingerprint density at radius 2 is 2.04 bits per heavy atom. The molecule has 1 aromatic heterocycles. The van der Waals surface area contributed by atoms with Gasteiger partial charge in [-0.2, -0.15) is 0 Å². The van der Waals surface area contributed by atoms with Gasteiger partial charge in [-0.15, -0.1) is 0 Å². The average Bonchev–Trinajstić information content (AvgIpc) is 2.60. The topological polar surface area (TPSA) is 74.2 Å².